The van der Waals surface area contributed by atoms with Crippen molar-refractivity contribution in [2.45, 2.75) is 18.8 Å². The maximum absolute atomic E-state index is 11.8. The zero-order chi connectivity index (χ0) is 11.8. The van der Waals surface area contributed by atoms with Gasteiger partial charge in [0.25, 0.3) is 5.56 Å². The monoisotopic (exact) mass is 292 g/mol. The molecular formula is C11H9BrN4O. The summed E-state index contributed by atoms with van der Waals surface area (Å²) in [6, 6.07) is 1.73. The van der Waals surface area contributed by atoms with Gasteiger partial charge < -0.3 is 4.98 Å². The molecule has 2 heterocycles. The molecule has 0 radical (unpaired) electrons. The van der Waals surface area contributed by atoms with Crippen LogP contribution in [0.4, 0.5) is 0 Å². The minimum Gasteiger partial charge on any atom is -0.304 e. The molecule has 2 aromatic rings. The molecule has 5 nitrogen and oxygen atoms in total. The Bertz CT molecular complexity index is 607. The topological polar surface area (TPSA) is 71.5 Å². The Hall–Kier alpha value is -1.56. The molecule has 6 heteroatoms. The van der Waals surface area contributed by atoms with E-state index in [1.807, 2.05) is 0 Å². The first-order chi connectivity index (χ1) is 8.25. The van der Waals surface area contributed by atoms with E-state index in [1.54, 1.807) is 12.3 Å². The molecule has 0 atom stereocenters. The predicted molar refractivity (Wildman–Crippen MR) is 65.6 cm³/mol. The van der Waals surface area contributed by atoms with Crippen LogP contribution in [0.1, 0.15) is 24.5 Å². The molecule has 17 heavy (non-hydrogen) atoms. The van der Waals surface area contributed by atoms with E-state index in [9.17, 15) is 4.79 Å². The lowest BCUT2D eigenvalue weighted by Gasteiger charge is -2.04. The maximum Gasteiger partial charge on any atom is 0.265 e. The third kappa shape index (κ3) is 2.00. The van der Waals surface area contributed by atoms with Crippen LogP contribution >= 0.6 is 15.9 Å². The molecule has 0 amide bonds. The van der Waals surface area contributed by atoms with Gasteiger partial charge in [-0.15, -0.1) is 0 Å². The zero-order valence-corrected chi connectivity index (χ0v) is 10.4. The number of aromatic amines is 1. The summed E-state index contributed by atoms with van der Waals surface area (Å²) in [6.07, 6.45) is 5.26. The van der Waals surface area contributed by atoms with Crippen LogP contribution in [0.5, 0.6) is 0 Å². The third-order valence-electron chi connectivity index (χ3n) is 2.68. The van der Waals surface area contributed by atoms with Gasteiger partial charge >= 0.3 is 0 Å². The number of halogens is 1. The van der Waals surface area contributed by atoms with Crippen molar-refractivity contribution >= 4 is 15.9 Å². The van der Waals surface area contributed by atoms with E-state index >= 15 is 0 Å². The minimum absolute atomic E-state index is 0.157. The third-order valence-corrected chi connectivity index (χ3v) is 3.44. The van der Waals surface area contributed by atoms with E-state index in [4.69, 9.17) is 0 Å². The lowest BCUT2D eigenvalue weighted by molar-refractivity contribution is 0.951. The molecule has 1 fully saturated rings. The van der Waals surface area contributed by atoms with Gasteiger partial charge in [0.15, 0.2) is 5.82 Å². The highest BCUT2D eigenvalue weighted by Gasteiger charge is 2.29. The second-order valence-electron chi connectivity index (χ2n) is 3.98. The second-order valence-corrected chi connectivity index (χ2v) is 4.78. The van der Waals surface area contributed by atoms with E-state index in [-0.39, 0.29) is 5.56 Å². The Morgan fingerprint density at radius 2 is 2.24 bits per heavy atom. The number of aromatic nitrogens is 4. The van der Waals surface area contributed by atoms with Gasteiger partial charge in [0.05, 0.1) is 5.69 Å². The number of rotatable bonds is 2. The van der Waals surface area contributed by atoms with Gasteiger partial charge in [-0.3, -0.25) is 4.79 Å². The van der Waals surface area contributed by atoms with E-state index in [0.29, 0.717) is 21.9 Å². The van der Waals surface area contributed by atoms with Gasteiger partial charge in [0, 0.05) is 12.1 Å². The molecule has 0 bridgehead atoms. The molecule has 0 saturated heterocycles. The molecule has 1 saturated carbocycles. The van der Waals surface area contributed by atoms with Gasteiger partial charge in [-0.2, -0.15) is 0 Å². The summed E-state index contributed by atoms with van der Waals surface area (Å²) in [5.74, 6) is 0.912. The van der Waals surface area contributed by atoms with Crippen molar-refractivity contribution in [3.8, 4) is 11.5 Å². The summed E-state index contributed by atoms with van der Waals surface area (Å²) in [7, 11) is 0. The van der Waals surface area contributed by atoms with Crippen LogP contribution in [0, 0.1) is 0 Å². The number of hydrogen-bond acceptors (Lipinski definition) is 4. The summed E-state index contributed by atoms with van der Waals surface area (Å²) in [5.41, 5.74) is 1.31. The van der Waals surface area contributed by atoms with Crippen molar-refractivity contribution in [1.29, 1.82) is 0 Å². The highest BCUT2D eigenvalue weighted by atomic mass is 79.9. The summed E-state index contributed by atoms with van der Waals surface area (Å²) in [4.78, 5) is 26.9. The molecule has 0 aromatic carbocycles. The van der Waals surface area contributed by atoms with Crippen LogP contribution in [0.2, 0.25) is 0 Å². The van der Waals surface area contributed by atoms with Crippen LogP contribution < -0.4 is 5.56 Å². The van der Waals surface area contributed by atoms with Crippen molar-refractivity contribution in [3.63, 3.8) is 0 Å². The quantitative estimate of drug-likeness (QED) is 0.917. The minimum atomic E-state index is -0.157. The molecule has 1 aliphatic carbocycles. The molecule has 1 aliphatic rings. The Morgan fingerprint density at radius 1 is 1.41 bits per heavy atom. The van der Waals surface area contributed by atoms with Crippen molar-refractivity contribution in [2.75, 3.05) is 0 Å². The highest BCUT2D eigenvalue weighted by Crippen LogP contribution is 2.41. The molecule has 1 N–H and O–H groups in total. The molecule has 0 aliphatic heterocycles. The van der Waals surface area contributed by atoms with E-state index in [2.05, 4.69) is 35.9 Å². The van der Waals surface area contributed by atoms with Crippen LogP contribution in [-0.2, 0) is 0 Å². The number of nitrogens with zero attached hydrogens (tertiary/aromatic N) is 3. The van der Waals surface area contributed by atoms with Gasteiger partial charge in [-0.25, -0.2) is 15.0 Å². The van der Waals surface area contributed by atoms with Gasteiger partial charge in [0.2, 0.25) is 0 Å². The Morgan fingerprint density at radius 3 is 2.88 bits per heavy atom. The van der Waals surface area contributed by atoms with Crippen molar-refractivity contribution in [2.24, 2.45) is 0 Å². The fourth-order valence-electron chi connectivity index (χ4n) is 1.66. The highest BCUT2D eigenvalue weighted by molar-refractivity contribution is 9.10. The zero-order valence-electron chi connectivity index (χ0n) is 8.85. The van der Waals surface area contributed by atoms with Crippen LogP contribution in [0.25, 0.3) is 11.5 Å². The summed E-state index contributed by atoms with van der Waals surface area (Å²) < 4.78 is 0.540. The van der Waals surface area contributed by atoms with Gasteiger partial charge in [-0.05, 0) is 34.8 Å². The standard InChI is InChI=1S/C11H9BrN4O/c12-8-9(6-1-2-6)15-10(16-11(8)17)7-3-4-13-5-14-7/h3-6H,1-2H2,(H,15,16,17). The van der Waals surface area contributed by atoms with Crippen LogP contribution in [-0.4, -0.2) is 19.9 Å². The van der Waals surface area contributed by atoms with Crippen molar-refractivity contribution in [1.82, 2.24) is 19.9 Å². The normalized spacial score (nSPS) is 14.9. The Balaban J connectivity index is 2.15. The first kappa shape index (κ1) is 10.6. The summed E-state index contributed by atoms with van der Waals surface area (Å²) in [5, 5.41) is 0. The van der Waals surface area contributed by atoms with Crippen LogP contribution in [0.3, 0.4) is 0 Å². The molecule has 86 valence electrons. The average molecular weight is 293 g/mol. The van der Waals surface area contributed by atoms with Crippen molar-refractivity contribution < 1.29 is 0 Å². The second kappa shape index (κ2) is 4.03. The molecule has 2 aromatic heterocycles. The lowest BCUT2D eigenvalue weighted by Crippen LogP contribution is -2.13. The van der Waals surface area contributed by atoms with Crippen molar-refractivity contribution in [3.05, 3.63) is 39.1 Å². The first-order valence-electron chi connectivity index (χ1n) is 5.32. The van der Waals surface area contributed by atoms with Gasteiger partial charge in [-0.1, -0.05) is 0 Å². The Labute approximate surface area is 105 Å². The molecule has 3 rings (SSSR count). The fraction of sp³-hybridized carbons (Fsp3) is 0.273. The largest absolute Gasteiger partial charge is 0.304 e. The predicted octanol–water partition coefficient (Wildman–Crippen LogP) is 1.87. The number of H-pyrrole nitrogens is 1. The Kier molecular flexibility index (Phi) is 2.51. The first-order valence-corrected chi connectivity index (χ1v) is 6.11. The average Bonchev–Trinajstić information content (AvgIpc) is 3.18. The van der Waals surface area contributed by atoms with E-state index < -0.39 is 0 Å². The van der Waals surface area contributed by atoms with Gasteiger partial charge in [0.1, 0.15) is 16.5 Å². The fourth-order valence-corrected chi connectivity index (χ4v) is 2.17. The van der Waals surface area contributed by atoms with E-state index in [1.165, 1.54) is 6.33 Å². The molecule has 0 unspecified atom stereocenters. The number of nitrogens with one attached hydrogen (secondary N) is 1. The number of hydrogen-bond donors (Lipinski definition) is 1. The maximum atomic E-state index is 11.8. The lowest BCUT2D eigenvalue weighted by atomic mass is 10.2. The summed E-state index contributed by atoms with van der Waals surface area (Å²) in [6.45, 7) is 0. The smallest absolute Gasteiger partial charge is 0.265 e. The molecule has 0 spiro atoms. The van der Waals surface area contributed by atoms with Crippen LogP contribution in [0.15, 0.2) is 27.9 Å². The summed E-state index contributed by atoms with van der Waals surface area (Å²) >= 11 is 3.29. The molecular weight excluding hydrogens is 284 g/mol. The SMILES string of the molecule is O=c1[nH]c(-c2ccncn2)nc(C2CC2)c1Br. The van der Waals surface area contributed by atoms with E-state index in [0.717, 1.165) is 18.5 Å².